The van der Waals surface area contributed by atoms with Crippen LogP contribution in [0, 0.1) is 0 Å². The van der Waals surface area contributed by atoms with Crippen molar-refractivity contribution < 1.29 is 4.79 Å². The van der Waals surface area contributed by atoms with E-state index in [4.69, 9.17) is 35.4 Å². The fourth-order valence-corrected chi connectivity index (χ4v) is 2.99. The van der Waals surface area contributed by atoms with E-state index in [1.54, 1.807) is 36.4 Å². The lowest BCUT2D eigenvalue weighted by molar-refractivity contribution is -0.118. The van der Waals surface area contributed by atoms with Crippen molar-refractivity contribution in [2.24, 2.45) is 0 Å². The largest absolute Gasteiger partial charge is 0.355 e. The zero-order valence-corrected chi connectivity index (χ0v) is 13.8. The fourth-order valence-electron chi connectivity index (χ4n) is 2.39. The summed E-state index contributed by atoms with van der Waals surface area (Å²) < 4.78 is 0. The van der Waals surface area contributed by atoms with E-state index in [1.807, 2.05) is 12.1 Å². The van der Waals surface area contributed by atoms with Crippen LogP contribution in [0.4, 0.5) is 5.69 Å². The molecule has 6 heteroatoms. The van der Waals surface area contributed by atoms with Crippen LogP contribution in [0.2, 0.25) is 10.0 Å². The number of rotatable bonds is 2. The average molecular weight is 351 g/mol. The Labute approximate surface area is 143 Å². The molecule has 1 unspecified atom stereocenters. The molecule has 0 bridgehead atoms. The van der Waals surface area contributed by atoms with E-state index in [1.165, 1.54) is 4.90 Å². The third-order valence-electron chi connectivity index (χ3n) is 3.49. The molecule has 3 rings (SSSR count). The third-order valence-corrected chi connectivity index (χ3v) is 4.29. The first-order valence-electron chi connectivity index (χ1n) is 6.69. The maximum atomic E-state index is 12.5. The number of carbonyl (C=O) groups excluding carboxylic acids is 1. The Kier molecular flexibility index (Phi) is 4.34. The predicted molar refractivity (Wildman–Crippen MR) is 93.5 cm³/mol. The van der Waals surface area contributed by atoms with Gasteiger partial charge < -0.3 is 5.32 Å². The van der Waals surface area contributed by atoms with E-state index in [0.717, 1.165) is 5.56 Å². The summed E-state index contributed by atoms with van der Waals surface area (Å²) in [6.07, 6.45) is 0.324. The lowest BCUT2D eigenvalue weighted by atomic mass is 10.0. The molecule has 1 heterocycles. The van der Waals surface area contributed by atoms with Gasteiger partial charge in [0.15, 0.2) is 5.11 Å². The van der Waals surface area contributed by atoms with E-state index in [0.29, 0.717) is 27.3 Å². The van der Waals surface area contributed by atoms with Crippen LogP contribution in [0.15, 0.2) is 48.5 Å². The summed E-state index contributed by atoms with van der Waals surface area (Å²) in [4.78, 5) is 14.0. The molecular weight excluding hydrogens is 339 g/mol. The highest BCUT2D eigenvalue weighted by atomic mass is 35.5. The van der Waals surface area contributed by atoms with Gasteiger partial charge in [-0.1, -0.05) is 35.3 Å². The fraction of sp³-hybridized carbons (Fsp3) is 0.125. The van der Waals surface area contributed by atoms with Gasteiger partial charge in [0.25, 0.3) is 0 Å². The van der Waals surface area contributed by atoms with Crippen LogP contribution in [0.5, 0.6) is 0 Å². The molecule has 1 aliphatic rings. The zero-order chi connectivity index (χ0) is 15.7. The van der Waals surface area contributed by atoms with Gasteiger partial charge in [-0.15, -0.1) is 0 Å². The van der Waals surface area contributed by atoms with E-state index in [9.17, 15) is 4.79 Å². The lowest BCUT2D eigenvalue weighted by Crippen LogP contribution is -2.51. The maximum Gasteiger partial charge on any atom is 0.235 e. The van der Waals surface area contributed by atoms with Crippen LogP contribution in [-0.2, 0) is 4.79 Å². The second kappa shape index (κ2) is 6.24. The lowest BCUT2D eigenvalue weighted by Gasteiger charge is -2.34. The number of nitrogens with zero attached hydrogens (tertiary/aromatic N) is 1. The minimum atomic E-state index is -0.138. The summed E-state index contributed by atoms with van der Waals surface area (Å²) in [6, 6.07) is 14.3. The van der Waals surface area contributed by atoms with Crippen molar-refractivity contribution in [3.05, 3.63) is 64.1 Å². The average Bonchev–Trinajstić information content (AvgIpc) is 2.49. The van der Waals surface area contributed by atoms with Crippen LogP contribution in [0.1, 0.15) is 18.0 Å². The molecular formula is C16H12Cl2N2OS. The molecule has 1 amide bonds. The molecule has 1 atom stereocenters. The first-order chi connectivity index (χ1) is 10.5. The summed E-state index contributed by atoms with van der Waals surface area (Å²) in [7, 11) is 0. The minimum Gasteiger partial charge on any atom is -0.355 e. The van der Waals surface area contributed by atoms with Crippen molar-refractivity contribution in [1.29, 1.82) is 0 Å². The second-order valence-electron chi connectivity index (χ2n) is 4.96. The molecule has 1 aliphatic heterocycles. The normalized spacial score (nSPS) is 18.3. The van der Waals surface area contributed by atoms with Crippen molar-refractivity contribution in [2.45, 2.75) is 12.5 Å². The van der Waals surface area contributed by atoms with E-state index in [2.05, 4.69) is 5.32 Å². The Bertz CT molecular complexity index is 698. The SMILES string of the molecule is O=C1CC(c2ccc(Cl)cc2)NC(=S)N1c1ccc(Cl)cc1. The highest BCUT2D eigenvalue weighted by Crippen LogP contribution is 2.27. The number of anilines is 1. The minimum absolute atomic E-state index is 0.0500. The molecule has 0 aliphatic carbocycles. The number of hydrogen-bond donors (Lipinski definition) is 1. The van der Waals surface area contributed by atoms with Gasteiger partial charge >= 0.3 is 0 Å². The standard InChI is InChI=1S/C16H12Cl2N2OS/c17-11-3-1-10(2-4-11)14-9-15(21)20(16(22)19-14)13-7-5-12(18)6-8-13/h1-8,14H,9H2,(H,19,22). The second-order valence-corrected chi connectivity index (χ2v) is 6.22. The van der Waals surface area contributed by atoms with E-state index in [-0.39, 0.29) is 11.9 Å². The number of thiocarbonyl (C=S) groups is 1. The van der Waals surface area contributed by atoms with Gasteiger partial charge in [0.2, 0.25) is 5.91 Å². The van der Waals surface area contributed by atoms with Gasteiger partial charge in [-0.3, -0.25) is 9.69 Å². The number of nitrogens with one attached hydrogen (secondary N) is 1. The van der Waals surface area contributed by atoms with Crippen molar-refractivity contribution in [2.75, 3.05) is 4.90 Å². The molecule has 1 N–H and O–H groups in total. The molecule has 112 valence electrons. The van der Waals surface area contributed by atoms with E-state index >= 15 is 0 Å². The first kappa shape index (κ1) is 15.3. The Morgan fingerprint density at radius 2 is 1.55 bits per heavy atom. The molecule has 0 saturated carbocycles. The Balaban J connectivity index is 1.82. The Hall–Kier alpha value is -1.62. The van der Waals surface area contributed by atoms with Crippen LogP contribution in [-0.4, -0.2) is 11.0 Å². The molecule has 2 aromatic carbocycles. The van der Waals surface area contributed by atoms with Gasteiger partial charge in [-0.2, -0.15) is 0 Å². The first-order valence-corrected chi connectivity index (χ1v) is 7.85. The highest BCUT2D eigenvalue weighted by molar-refractivity contribution is 7.80. The number of carbonyl (C=O) groups is 1. The maximum absolute atomic E-state index is 12.5. The highest BCUT2D eigenvalue weighted by Gasteiger charge is 2.31. The molecule has 22 heavy (non-hydrogen) atoms. The summed E-state index contributed by atoms with van der Waals surface area (Å²) >= 11 is 17.1. The van der Waals surface area contributed by atoms with Gasteiger partial charge in [-0.25, -0.2) is 0 Å². The monoisotopic (exact) mass is 350 g/mol. The molecule has 0 aromatic heterocycles. The molecule has 3 nitrogen and oxygen atoms in total. The van der Waals surface area contributed by atoms with Gasteiger partial charge in [0.05, 0.1) is 18.2 Å². The summed E-state index contributed by atoms with van der Waals surface area (Å²) in [6.45, 7) is 0. The van der Waals surface area contributed by atoms with Crippen LogP contribution in [0.25, 0.3) is 0 Å². The number of hydrogen-bond acceptors (Lipinski definition) is 2. The van der Waals surface area contributed by atoms with Crippen LogP contribution < -0.4 is 10.2 Å². The molecule has 0 spiro atoms. The third kappa shape index (κ3) is 3.09. The van der Waals surface area contributed by atoms with Crippen molar-refractivity contribution in [1.82, 2.24) is 5.32 Å². The molecule has 2 aromatic rings. The summed E-state index contributed by atoms with van der Waals surface area (Å²) in [5.41, 5.74) is 1.69. The van der Waals surface area contributed by atoms with Gasteiger partial charge in [0, 0.05) is 10.0 Å². The zero-order valence-electron chi connectivity index (χ0n) is 11.4. The molecule has 0 radical (unpaired) electrons. The Morgan fingerprint density at radius 3 is 2.09 bits per heavy atom. The van der Waals surface area contributed by atoms with Crippen LogP contribution in [0.3, 0.4) is 0 Å². The number of halogens is 2. The topological polar surface area (TPSA) is 32.3 Å². The van der Waals surface area contributed by atoms with Crippen molar-refractivity contribution in [3.63, 3.8) is 0 Å². The number of amides is 1. The van der Waals surface area contributed by atoms with Crippen molar-refractivity contribution in [3.8, 4) is 0 Å². The quantitative estimate of drug-likeness (QED) is 0.817. The van der Waals surface area contributed by atoms with Crippen molar-refractivity contribution >= 4 is 52.1 Å². The van der Waals surface area contributed by atoms with Gasteiger partial charge in [-0.05, 0) is 54.2 Å². The number of benzene rings is 2. The summed E-state index contributed by atoms with van der Waals surface area (Å²) in [5.74, 6) is -0.0500. The predicted octanol–water partition coefficient (Wildman–Crippen LogP) is 4.35. The van der Waals surface area contributed by atoms with Gasteiger partial charge in [0.1, 0.15) is 0 Å². The summed E-state index contributed by atoms with van der Waals surface area (Å²) in [5, 5.41) is 4.87. The van der Waals surface area contributed by atoms with Crippen LogP contribution >= 0.6 is 35.4 Å². The Morgan fingerprint density at radius 1 is 1.00 bits per heavy atom. The molecule has 1 saturated heterocycles. The molecule has 1 fully saturated rings. The smallest absolute Gasteiger partial charge is 0.235 e. The van der Waals surface area contributed by atoms with E-state index < -0.39 is 0 Å².